The summed E-state index contributed by atoms with van der Waals surface area (Å²) in [4.78, 5) is 3.44. The molecule has 0 saturated carbocycles. The largest absolute Gasteiger partial charge is 0.309 e. The summed E-state index contributed by atoms with van der Waals surface area (Å²) in [7, 11) is -6.90. The molecule has 5 aromatic rings. The first-order valence-electron chi connectivity index (χ1n) is 12.7. The highest BCUT2D eigenvalue weighted by Crippen LogP contribution is 2.45. The Morgan fingerprint density at radius 1 is 0.429 bits per heavy atom. The van der Waals surface area contributed by atoms with E-state index in [0.29, 0.717) is 54.2 Å². The summed E-state index contributed by atoms with van der Waals surface area (Å²) in [5.74, 6) is 0. The number of hydrogen-bond acceptors (Lipinski definition) is 5. The van der Waals surface area contributed by atoms with Gasteiger partial charge in [-0.2, -0.15) is 15.8 Å². The molecule has 0 aliphatic heterocycles. The molecule has 5 rings (SSSR count). The summed E-state index contributed by atoms with van der Waals surface area (Å²) in [6.07, 6.45) is 0. The summed E-state index contributed by atoms with van der Waals surface area (Å²) in [6, 6.07) is 39.4. The van der Waals surface area contributed by atoms with Crippen molar-refractivity contribution in [3.63, 3.8) is 0 Å². The Bertz CT molecular complexity index is 1770. The molecule has 0 aromatic heterocycles. The minimum Gasteiger partial charge on any atom is -0.309 e. The van der Waals surface area contributed by atoms with Crippen molar-refractivity contribution in [1.29, 1.82) is 15.8 Å². The molecule has 198 valence electrons. The van der Waals surface area contributed by atoms with Crippen molar-refractivity contribution in [1.82, 2.24) is 0 Å². The van der Waals surface area contributed by atoms with Gasteiger partial charge in [-0.15, -0.1) is 0 Å². The molecule has 1 unspecified atom stereocenters. The van der Waals surface area contributed by atoms with Crippen LogP contribution >= 0.6 is 14.3 Å². The summed E-state index contributed by atoms with van der Waals surface area (Å²) in [5, 5.41) is 30.9. The molecule has 1 atom stereocenters. The highest BCUT2D eigenvalue weighted by Gasteiger charge is 2.33. The molecule has 42 heavy (non-hydrogen) atoms. The average molecular weight is 579 g/mol. The van der Waals surface area contributed by atoms with Gasteiger partial charge >= 0.3 is 0 Å². The van der Waals surface area contributed by atoms with Crippen molar-refractivity contribution in [3.8, 4) is 18.2 Å². The van der Waals surface area contributed by atoms with Crippen molar-refractivity contribution in [2.75, 3.05) is 0 Å². The van der Waals surface area contributed by atoms with Crippen LogP contribution in [0.3, 0.4) is 0 Å². The van der Waals surface area contributed by atoms with Gasteiger partial charge in [0.15, 0.2) is 20.0 Å². The fourth-order valence-electron chi connectivity index (χ4n) is 4.74. The van der Waals surface area contributed by atoms with E-state index < -0.39 is 14.3 Å². The molecule has 5 aromatic carbocycles. The highest BCUT2D eigenvalue weighted by molar-refractivity contribution is 7.86. The molecule has 0 aliphatic rings. The van der Waals surface area contributed by atoms with Crippen LogP contribution in [0.1, 0.15) is 16.7 Å². The van der Waals surface area contributed by atoms with Gasteiger partial charge < -0.3 is 9.13 Å². The zero-order valence-electron chi connectivity index (χ0n) is 22.0. The Hall–Kier alpha value is -5.48. The van der Waals surface area contributed by atoms with E-state index in [1.165, 1.54) is 0 Å². The van der Waals surface area contributed by atoms with Gasteiger partial charge in [0.1, 0.15) is 0 Å². The molecule has 0 amide bonds. The first kappa shape index (κ1) is 28.1. The van der Waals surface area contributed by atoms with Crippen LogP contribution in [0.15, 0.2) is 121 Å². The minimum absolute atomic E-state index is 0.422. The summed E-state index contributed by atoms with van der Waals surface area (Å²) in [6.45, 7) is 7.28. The molecule has 0 fully saturated rings. The molecular weight excluding hydrogens is 558 g/mol. The Kier molecular flexibility index (Phi) is 7.72. The van der Waals surface area contributed by atoms with Gasteiger partial charge in [-0.25, -0.2) is 4.85 Å². The predicted molar refractivity (Wildman–Crippen MR) is 166 cm³/mol. The van der Waals surface area contributed by atoms with Crippen LogP contribution in [0.25, 0.3) is 4.85 Å². The Morgan fingerprint density at radius 3 is 0.857 bits per heavy atom. The van der Waals surface area contributed by atoms with Gasteiger partial charge in [0.05, 0.1) is 41.5 Å². The Labute approximate surface area is 243 Å². The van der Waals surface area contributed by atoms with E-state index in [9.17, 15) is 24.9 Å². The summed E-state index contributed by atoms with van der Waals surface area (Å²) in [5.41, 5.74) is 1.74. The molecule has 0 radical (unpaired) electrons. The van der Waals surface area contributed by atoms with E-state index in [4.69, 9.17) is 6.57 Å². The number of hydrogen-bond donors (Lipinski definition) is 0. The molecule has 0 spiro atoms. The van der Waals surface area contributed by atoms with Crippen molar-refractivity contribution < 1.29 is 9.13 Å². The van der Waals surface area contributed by atoms with E-state index in [1.54, 1.807) is 121 Å². The van der Waals surface area contributed by atoms with Crippen molar-refractivity contribution in [3.05, 3.63) is 149 Å². The predicted octanol–water partition coefficient (Wildman–Crippen LogP) is 5.13. The Balaban J connectivity index is 1.68. The van der Waals surface area contributed by atoms with Gasteiger partial charge in [-0.1, -0.05) is 48.5 Å². The molecule has 8 heteroatoms. The van der Waals surface area contributed by atoms with Crippen molar-refractivity contribution >= 4 is 51.8 Å². The number of nitrogens with zero attached hydrogens (tertiary/aromatic N) is 4. The molecule has 6 nitrogen and oxygen atoms in total. The lowest BCUT2D eigenvalue weighted by molar-refractivity contribution is 0.591. The third kappa shape index (κ3) is 4.95. The van der Waals surface area contributed by atoms with E-state index in [2.05, 4.69) is 23.1 Å². The second-order valence-electron chi connectivity index (χ2n) is 9.34. The van der Waals surface area contributed by atoms with Crippen LogP contribution in [0.4, 0.5) is 5.69 Å². The van der Waals surface area contributed by atoms with Crippen LogP contribution < -0.4 is 31.8 Å². The maximum absolute atomic E-state index is 15.0. The smallest absolute Gasteiger partial charge is 0.187 e. The van der Waals surface area contributed by atoms with Gasteiger partial charge in [-0.05, 0) is 72.8 Å². The molecule has 0 saturated heterocycles. The molecule has 0 heterocycles. The number of nitriles is 3. The standard InChI is InChI=1S/C34H20N4O2P2/c1-38-28-8-16-32(17-9-28)42(40,31-14-6-27(24-37)7-15-31)34-20-18-33(19-21-34)41(39,29-10-2-25(22-35)3-11-29)30-12-4-26(23-36)5-13-30/h2-21H. The van der Waals surface area contributed by atoms with Gasteiger partial charge in [0, 0.05) is 31.8 Å². The van der Waals surface area contributed by atoms with E-state index in [1.807, 2.05) is 0 Å². The summed E-state index contributed by atoms with van der Waals surface area (Å²) < 4.78 is 29.9. The van der Waals surface area contributed by atoms with Crippen LogP contribution in [0, 0.1) is 40.6 Å². The van der Waals surface area contributed by atoms with Gasteiger partial charge in [0.2, 0.25) is 0 Å². The van der Waals surface area contributed by atoms with E-state index >= 15 is 0 Å². The lowest BCUT2D eigenvalue weighted by atomic mass is 10.2. The van der Waals surface area contributed by atoms with Crippen LogP contribution in [-0.4, -0.2) is 0 Å². The van der Waals surface area contributed by atoms with Crippen molar-refractivity contribution in [2.24, 2.45) is 0 Å². The zero-order chi connectivity index (χ0) is 29.7. The fraction of sp³-hybridized carbons (Fsp3) is 0. The minimum atomic E-state index is -3.45. The third-order valence-electron chi connectivity index (χ3n) is 7.00. The second-order valence-corrected chi connectivity index (χ2v) is 14.9. The first-order chi connectivity index (χ1) is 20.4. The average Bonchev–Trinajstić information content (AvgIpc) is 3.07. The lowest BCUT2D eigenvalue weighted by Crippen LogP contribution is -2.28. The summed E-state index contributed by atoms with van der Waals surface area (Å²) >= 11 is 0. The van der Waals surface area contributed by atoms with Crippen LogP contribution in [0.2, 0.25) is 0 Å². The van der Waals surface area contributed by atoms with Crippen LogP contribution in [0.5, 0.6) is 0 Å². The molecular formula is C34H20N4O2P2. The number of rotatable bonds is 6. The fourth-order valence-corrected chi connectivity index (χ4v) is 9.94. The molecule has 0 aliphatic carbocycles. The normalized spacial score (nSPS) is 12.1. The quantitative estimate of drug-likeness (QED) is 0.205. The topological polar surface area (TPSA) is 110 Å². The zero-order valence-corrected chi connectivity index (χ0v) is 23.8. The number of benzene rings is 5. The maximum Gasteiger partial charge on any atom is 0.187 e. The Morgan fingerprint density at radius 2 is 0.643 bits per heavy atom. The van der Waals surface area contributed by atoms with Crippen molar-refractivity contribution in [2.45, 2.75) is 0 Å². The lowest BCUT2D eigenvalue weighted by Gasteiger charge is -2.23. The van der Waals surface area contributed by atoms with Gasteiger partial charge in [-0.3, -0.25) is 0 Å². The maximum atomic E-state index is 15.0. The third-order valence-corrected chi connectivity index (χ3v) is 13.2. The highest BCUT2D eigenvalue weighted by atomic mass is 31.2. The second kappa shape index (κ2) is 11.6. The first-order valence-corrected chi connectivity index (χ1v) is 16.1. The van der Waals surface area contributed by atoms with Gasteiger partial charge in [0.25, 0.3) is 0 Å². The van der Waals surface area contributed by atoms with E-state index in [0.717, 1.165) is 0 Å². The van der Waals surface area contributed by atoms with E-state index in [-0.39, 0.29) is 0 Å². The SMILES string of the molecule is [C-]#[N+]c1ccc(P(=O)(c2ccc(C#N)cc2)c2ccc(P(=O)(c3ccc(C#N)cc3)c3ccc(C#N)cc3)cc2)cc1. The molecule has 0 N–H and O–H groups in total. The molecule has 0 bridgehead atoms. The van der Waals surface area contributed by atoms with Crippen LogP contribution in [-0.2, 0) is 9.13 Å². The monoisotopic (exact) mass is 578 g/mol.